The van der Waals surface area contributed by atoms with Crippen LogP contribution >= 0.6 is 0 Å². The first-order valence-electron chi connectivity index (χ1n) is 14.3. The second kappa shape index (κ2) is 10.8. The van der Waals surface area contributed by atoms with Crippen LogP contribution in [0.2, 0.25) is 0 Å². The molecule has 3 aliphatic rings. The largest absolute Gasteiger partial charge is 0.477 e. The highest BCUT2D eigenvalue weighted by Crippen LogP contribution is 2.37. The quantitative estimate of drug-likeness (QED) is 0.446. The first-order chi connectivity index (χ1) is 19.3. The highest BCUT2D eigenvalue weighted by molar-refractivity contribution is 7.92. The first-order valence-corrected chi connectivity index (χ1v) is 15.8. The molecule has 4 bridgehead atoms. The van der Waals surface area contributed by atoms with Crippen LogP contribution in [0.25, 0.3) is 11.3 Å². The zero-order chi connectivity index (χ0) is 27.9. The van der Waals surface area contributed by atoms with Gasteiger partial charge in [-0.1, -0.05) is 49.6 Å². The Hall–Kier alpha value is -3.46. The van der Waals surface area contributed by atoms with Crippen LogP contribution < -0.4 is 9.46 Å². The van der Waals surface area contributed by atoms with E-state index in [1.165, 1.54) is 6.42 Å². The van der Waals surface area contributed by atoms with Crippen molar-refractivity contribution < 1.29 is 17.9 Å². The molecular weight excluding hydrogens is 524 g/mol. The molecule has 0 radical (unpaired) electrons. The maximum Gasteiger partial charge on any atom is 0.264 e. The number of rotatable bonds is 2. The Balaban J connectivity index is 1.39. The van der Waals surface area contributed by atoms with Gasteiger partial charge in [0.25, 0.3) is 10.0 Å². The number of fused-ring (bicyclic) bond motifs is 6. The number of likely N-dealkylation sites (tertiary alicyclic amines) is 1. The lowest BCUT2D eigenvalue weighted by molar-refractivity contribution is -0.139. The van der Waals surface area contributed by atoms with Crippen molar-refractivity contribution in [2.75, 3.05) is 24.4 Å². The predicted molar refractivity (Wildman–Crippen MR) is 154 cm³/mol. The first kappa shape index (κ1) is 26.7. The molecule has 3 aromatic rings. The van der Waals surface area contributed by atoms with Crippen LogP contribution in [0.1, 0.15) is 61.1 Å². The van der Waals surface area contributed by atoms with Crippen LogP contribution in [0.5, 0.6) is 5.88 Å². The molecule has 2 fully saturated rings. The van der Waals surface area contributed by atoms with E-state index >= 15 is 0 Å². The number of hydrogen-bond acceptors (Lipinski definition) is 6. The Morgan fingerprint density at radius 3 is 2.50 bits per heavy atom. The fourth-order valence-corrected chi connectivity index (χ4v) is 7.62. The summed E-state index contributed by atoms with van der Waals surface area (Å²) in [4.78, 5) is 24.7. The van der Waals surface area contributed by atoms with Gasteiger partial charge >= 0.3 is 0 Å². The van der Waals surface area contributed by atoms with Gasteiger partial charge in [0.05, 0.1) is 17.2 Å². The molecule has 8 nitrogen and oxygen atoms in total. The van der Waals surface area contributed by atoms with E-state index in [2.05, 4.69) is 14.7 Å². The van der Waals surface area contributed by atoms with Gasteiger partial charge in [0.1, 0.15) is 0 Å². The van der Waals surface area contributed by atoms with E-state index in [1.54, 1.807) is 24.3 Å². The van der Waals surface area contributed by atoms with Crippen molar-refractivity contribution in [3.05, 3.63) is 65.2 Å². The maximum atomic E-state index is 13.5. The number of nitrogens with one attached hydrogen (secondary N) is 1. The van der Waals surface area contributed by atoms with Gasteiger partial charge in [-0.2, -0.15) is 4.98 Å². The van der Waals surface area contributed by atoms with Crippen molar-refractivity contribution in [3.63, 3.8) is 0 Å². The normalized spacial score (nSPS) is 22.6. The predicted octanol–water partition coefficient (Wildman–Crippen LogP) is 5.47. The van der Waals surface area contributed by atoms with Gasteiger partial charge in [0.15, 0.2) is 0 Å². The van der Waals surface area contributed by atoms with Crippen molar-refractivity contribution in [1.29, 1.82) is 0 Å². The molecule has 2 atom stereocenters. The highest BCUT2D eigenvalue weighted by atomic mass is 32.2. The molecule has 0 spiro atoms. The summed E-state index contributed by atoms with van der Waals surface area (Å²) < 4.78 is 35.8. The van der Waals surface area contributed by atoms with Crippen molar-refractivity contribution in [1.82, 2.24) is 14.9 Å². The van der Waals surface area contributed by atoms with E-state index < -0.39 is 10.0 Å². The number of aryl methyl sites for hydroxylation is 2. The molecule has 210 valence electrons. The van der Waals surface area contributed by atoms with Gasteiger partial charge < -0.3 is 9.64 Å². The number of benzene rings is 2. The fraction of sp³-hybridized carbons (Fsp3) is 0.452. The number of anilines is 1. The van der Waals surface area contributed by atoms with E-state index in [4.69, 9.17) is 4.74 Å². The van der Waals surface area contributed by atoms with E-state index in [0.29, 0.717) is 31.3 Å². The van der Waals surface area contributed by atoms with Gasteiger partial charge in [0.2, 0.25) is 17.7 Å². The SMILES string of the molecule is Cc1cccc(C)c1-c1cc2nc(n1)NS(=O)(=O)c1cccc(c1)C1CCN(C(=O)C3CCCCC3)C[C@@H]1CO2. The fourth-order valence-electron chi connectivity index (χ4n) is 6.62. The topological polar surface area (TPSA) is 101 Å². The van der Waals surface area contributed by atoms with Gasteiger partial charge in [-0.15, -0.1) is 0 Å². The summed E-state index contributed by atoms with van der Waals surface area (Å²) >= 11 is 0. The lowest BCUT2D eigenvalue weighted by Gasteiger charge is -2.40. The third kappa shape index (κ3) is 5.31. The average Bonchev–Trinajstić information content (AvgIpc) is 2.95. The Labute approximate surface area is 236 Å². The molecule has 6 rings (SSSR count). The second-order valence-corrected chi connectivity index (χ2v) is 13.1. The second-order valence-electron chi connectivity index (χ2n) is 11.4. The smallest absolute Gasteiger partial charge is 0.264 e. The standard InChI is InChI=1S/C31H36N4O4S/c1-20-8-6-9-21(2)29(20)27-17-28-33-31(32-27)34-40(37,38)25-13-7-12-23(16-25)26-14-15-35(18-24(26)19-39-28)30(36)22-10-4-3-5-11-22/h6-9,12-13,16-17,22,24,26H,3-5,10-11,14-15,18-19H2,1-2H3,(H,32,33,34)/t24-,26?/m1/s1. The van der Waals surface area contributed by atoms with Gasteiger partial charge in [-0.05, 0) is 67.9 Å². The molecule has 3 heterocycles. The van der Waals surface area contributed by atoms with Crippen LogP contribution in [-0.2, 0) is 14.8 Å². The summed E-state index contributed by atoms with van der Waals surface area (Å²) in [5.74, 6) is 0.699. The molecule has 1 aromatic heterocycles. The summed E-state index contributed by atoms with van der Waals surface area (Å²) in [6.45, 7) is 5.61. The van der Waals surface area contributed by atoms with Gasteiger partial charge in [-0.3, -0.25) is 4.79 Å². The summed E-state index contributed by atoms with van der Waals surface area (Å²) in [6.07, 6.45) is 6.14. The lowest BCUT2D eigenvalue weighted by atomic mass is 9.80. The minimum absolute atomic E-state index is 0.00584. The molecule has 1 aliphatic carbocycles. The monoisotopic (exact) mass is 560 g/mol. The summed E-state index contributed by atoms with van der Waals surface area (Å²) in [5.41, 5.74) is 4.51. The van der Waals surface area contributed by atoms with Gasteiger partial charge in [0, 0.05) is 36.6 Å². The number of nitrogens with zero attached hydrogens (tertiary/aromatic N) is 3. The zero-order valence-corrected chi connectivity index (χ0v) is 23.9. The average molecular weight is 561 g/mol. The van der Waals surface area contributed by atoms with Crippen LogP contribution in [0.15, 0.2) is 53.4 Å². The Bertz CT molecular complexity index is 1510. The van der Waals surface area contributed by atoms with Gasteiger partial charge in [-0.25, -0.2) is 18.1 Å². The molecule has 1 saturated carbocycles. The van der Waals surface area contributed by atoms with Crippen molar-refractivity contribution in [2.45, 2.75) is 63.2 Å². The molecule has 40 heavy (non-hydrogen) atoms. The van der Waals surface area contributed by atoms with E-state index in [1.807, 2.05) is 43.0 Å². The summed E-state index contributed by atoms with van der Waals surface area (Å²) in [6, 6.07) is 14.9. The van der Waals surface area contributed by atoms with Crippen LogP contribution in [0.4, 0.5) is 5.95 Å². The van der Waals surface area contributed by atoms with Crippen LogP contribution in [-0.4, -0.2) is 48.9 Å². The van der Waals surface area contributed by atoms with Crippen molar-refractivity contribution in [2.24, 2.45) is 11.8 Å². The van der Waals surface area contributed by atoms with Crippen LogP contribution in [0.3, 0.4) is 0 Å². The molecule has 2 aliphatic heterocycles. The number of amides is 1. The molecule has 1 saturated heterocycles. The number of piperidine rings is 1. The van der Waals surface area contributed by atoms with Crippen molar-refractivity contribution in [3.8, 4) is 17.1 Å². The Morgan fingerprint density at radius 1 is 0.975 bits per heavy atom. The number of aromatic nitrogens is 2. The minimum Gasteiger partial charge on any atom is -0.477 e. The Morgan fingerprint density at radius 2 is 1.73 bits per heavy atom. The number of carbonyl (C=O) groups excluding carboxylic acids is 1. The number of sulfonamides is 1. The molecule has 2 aromatic carbocycles. The molecule has 1 unspecified atom stereocenters. The molecule has 9 heteroatoms. The number of hydrogen-bond donors (Lipinski definition) is 1. The van der Waals surface area contributed by atoms with Crippen LogP contribution in [0, 0.1) is 25.7 Å². The lowest BCUT2D eigenvalue weighted by Crippen LogP contribution is -2.47. The number of ether oxygens (including phenoxy) is 1. The van der Waals surface area contributed by atoms with E-state index in [-0.39, 0.29) is 34.5 Å². The highest BCUT2D eigenvalue weighted by Gasteiger charge is 2.36. The summed E-state index contributed by atoms with van der Waals surface area (Å²) in [7, 11) is -3.94. The van der Waals surface area contributed by atoms with E-state index in [0.717, 1.165) is 54.4 Å². The number of carbonyl (C=O) groups is 1. The molecule has 1 amide bonds. The third-order valence-corrected chi connectivity index (χ3v) is 10.0. The zero-order valence-electron chi connectivity index (χ0n) is 23.1. The molecular formula is C31H36N4O4S. The molecule has 1 N–H and O–H groups in total. The summed E-state index contributed by atoms with van der Waals surface area (Å²) in [5, 5.41) is 0. The van der Waals surface area contributed by atoms with Crippen molar-refractivity contribution >= 4 is 21.9 Å². The Kier molecular flexibility index (Phi) is 7.25. The minimum atomic E-state index is -3.94. The maximum absolute atomic E-state index is 13.5. The third-order valence-electron chi connectivity index (χ3n) is 8.71. The van der Waals surface area contributed by atoms with E-state index in [9.17, 15) is 13.2 Å².